The molecule has 1 aromatic rings. The number of carbonyl (C=O) groups excluding carboxylic acids is 1. The summed E-state index contributed by atoms with van der Waals surface area (Å²) < 4.78 is 2.17. The Morgan fingerprint density at radius 1 is 1.41 bits per heavy atom. The molecular formula is C14H20N2O. The molecule has 92 valence electrons. The SMILES string of the molecule is CCc1cc(C2C3CC(=O)CC32)n(C(C)C)n1. The third-order valence-electron chi connectivity index (χ3n) is 4.27. The van der Waals surface area contributed by atoms with E-state index in [1.54, 1.807) is 0 Å². The highest BCUT2D eigenvalue weighted by molar-refractivity contribution is 5.83. The van der Waals surface area contributed by atoms with Crippen LogP contribution in [0.1, 0.15) is 57.0 Å². The van der Waals surface area contributed by atoms with Crippen molar-refractivity contribution in [2.24, 2.45) is 11.8 Å². The van der Waals surface area contributed by atoms with Gasteiger partial charge in [-0.3, -0.25) is 9.48 Å². The van der Waals surface area contributed by atoms with E-state index in [2.05, 4.69) is 36.6 Å². The number of nitrogens with zero attached hydrogens (tertiary/aromatic N) is 2. The second-order valence-electron chi connectivity index (χ2n) is 5.75. The molecule has 2 fully saturated rings. The van der Waals surface area contributed by atoms with Gasteiger partial charge in [0.05, 0.1) is 5.69 Å². The van der Waals surface area contributed by atoms with Gasteiger partial charge in [0.15, 0.2) is 0 Å². The Labute approximate surface area is 102 Å². The summed E-state index contributed by atoms with van der Waals surface area (Å²) in [7, 11) is 0. The minimum absolute atomic E-state index is 0.419. The van der Waals surface area contributed by atoms with Crippen molar-refractivity contribution in [3.8, 4) is 0 Å². The molecule has 0 amide bonds. The van der Waals surface area contributed by atoms with Crippen molar-refractivity contribution in [3.05, 3.63) is 17.5 Å². The van der Waals surface area contributed by atoms with E-state index in [0.717, 1.165) is 19.3 Å². The number of hydrogen-bond donors (Lipinski definition) is 0. The smallest absolute Gasteiger partial charge is 0.133 e. The number of aromatic nitrogens is 2. The van der Waals surface area contributed by atoms with Crippen molar-refractivity contribution in [3.63, 3.8) is 0 Å². The predicted octanol–water partition coefficient (Wildman–Crippen LogP) is 2.72. The summed E-state index contributed by atoms with van der Waals surface area (Å²) in [6, 6.07) is 2.68. The zero-order chi connectivity index (χ0) is 12.2. The molecule has 2 atom stereocenters. The van der Waals surface area contributed by atoms with Gasteiger partial charge < -0.3 is 0 Å². The van der Waals surface area contributed by atoms with Crippen molar-refractivity contribution >= 4 is 5.78 Å². The van der Waals surface area contributed by atoms with Gasteiger partial charge in [0, 0.05) is 30.5 Å². The van der Waals surface area contributed by atoms with Crippen LogP contribution in [0.25, 0.3) is 0 Å². The molecule has 2 aliphatic rings. The maximum absolute atomic E-state index is 11.3. The highest BCUT2D eigenvalue weighted by atomic mass is 16.1. The zero-order valence-electron chi connectivity index (χ0n) is 10.8. The van der Waals surface area contributed by atoms with Crippen molar-refractivity contribution in [2.75, 3.05) is 0 Å². The number of rotatable bonds is 3. The summed E-state index contributed by atoms with van der Waals surface area (Å²) in [4.78, 5) is 11.3. The molecule has 0 aliphatic heterocycles. The second kappa shape index (κ2) is 3.69. The van der Waals surface area contributed by atoms with Crippen LogP contribution in [0.5, 0.6) is 0 Å². The number of Topliss-reactive ketones (excluding diaryl/α,β-unsaturated/α-hetero) is 1. The molecule has 2 saturated carbocycles. The Morgan fingerprint density at radius 3 is 2.59 bits per heavy atom. The van der Waals surface area contributed by atoms with E-state index in [4.69, 9.17) is 0 Å². The number of ketones is 1. The number of aryl methyl sites for hydroxylation is 1. The lowest BCUT2D eigenvalue weighted by Gasteiger charge is -2.11. The first-order valence-electron chi connectivity index (χ1n) is 6.71. The van der Waals surface area contributed by atoms with Crippen LogP contribution >= 0.6 is 0 Å². The van der Waals surface area contributed by atoms with E-state index in [9.17, 15) is 4.79 Å². The van der Waals surface area contributed by atoms with E-state index >= 15 is 0 Å². The lowest BCUT2D eigenvalue weighted by atomic mass is 10.1. The summed E-state index contributed by atoms with van der Waals surface area (Å²) in [5.74, 6) is 2.33. The molecule has 3 nitrogen and oxygen atoms in total. The fourth-order valence-electron chi connectivity index (χ4n) is 3.35. The quantitative estimate of drug-likeness (QED) is 0.803. The van der Waals surface area contributed by atoms with E-state index in [0.29, 0.717) is 29.6 Å². The molecule has 1 aromatic heterocycles. The number of fused-ring (bicyclic) bond motifs is 1. The molecular weight excluding hydrogens is 212 g/mol. The van der Waals surface area contributed by atoms with Gasteiger partial charge in [0.1, 0.15) is 5.78 Å². The van der Waals surface area contributed by atoms with Crippen molar-refractivity contribution in [1.82, 2.24) is 9.78 Å². The molecule has 2 unspecified atom stereocenters. The van der Waals surface area contributed by atoms with Gasteiger partial charge in [-0.25, -0.2) is 0 Å². The molecule has 0 aromatic carbocycles. The van der Waals surface area contributed by atoms with Gasteiger partial charge in [-0.05, 0) is 38.2 Å². The van der Waals surface area contributed by atoms with Crippen LogP contribution in [0.4, 0.5) is 0 Å². The fourth-order valence-corrected chi connectivity index (χ4v) is 3.35. The molecule has 0 N–H and O–H groups in total. The fraction of sp³-hybridized carbons (Fsp3) is 0.714. The standard InChI is InChI=1S/C14H20N2O/c1-4-9-5-13(16(15-9)8(2)3)14-11-6-10(17)7-12(11)14/h5,8,11-12,14H,4,6-7H2,1-3H3. The minimum atomic E-state index is 0.419. The van der Waals surface area contributed by atoms with E-state index < -0.39 is 0 Å². The van der Waals surface area contributed by atoms with Crippen molar-refractivity contribution in [2.45, 2.75) is 52.0 Å². The molecule has 2 aliphatic carbocycles. The Kier molecular flexibility index (Phi) is 2.39. The lowest BCUT2D eigenvalue weighted by molar-refractivity contribution is -0.118. The van der Waals surface area contributed by atoms with Crippen LogP contribution in [-0.4, -0.2) is 15.6 Å². The van der Waals surface area contributed by atoms with Gasteiger partial charge in [0.25, 0.3) is 0 Å². The molecule has 0 spiro atoms. The average Bonchev–Trinajstić information content (AvgIpc) is 2.68. The topological polar surface area (TPSA) is 34.9 Å². The Balaban J connectivity index is 1.89. The second-order valence-corrected chi connectivity index (χ2v) is 5.75. The van der Waals surface area contributed by atoms with Crippen molar-refractivity contribution < 1.29 is 4.79 Å². The first-order chi connectivity index (χ1) is 8.11. The van der Waals surface area contributed by atoms with E-state index in [-0.39, 0.29) is 0 Å². The molecule has 0 radical (unpaired) electrons. The lowest BCUT2D eigenvalue weighted by Crippen LogP contribution is -2.09. The first-order valence-corrected chi connectivity index (χ1v) is 6.71. The summed E-state index contributed by atoms with van der Waals surface area (Å²) in [5, 5.41) is 4.67. The molecule has 0 bridgehead atoms. The van der Waals surface area contributed by atoms with Crippen molar-refractivity contribution in [1.29, 1.82) is 0 Å². The van der Waals surface area contributed by atoms with Gasteiger partial charge in [-0.2, -0.15) is 5.10 Å². The summed E-state index contributed by atoms with van der Waals surface area (Å²) in [5.41, 5.74) is 2.56. The molecule has 1 heterocycles. The zero-order valence-corrected chi connectivity index (χ0v) is 10.8. The maximum atomic E-state index is 11.3. The molecule has 3 rings (SSSR count). The predicted molar refractivity (Wildman–Crippen MR) is 66.0 cm³/mol. The minimum Gasteiger partial charge on any atom is -0.300 e. The average molecular weight is 232 g/mol. The van der Waals surface area contributed by atoms with Crippen LogP contribution in [0.2, 0.25) is 0 Å². The van der Waals surface area contributed by atoms with Crippen LogP contribution in [0.15, 0.2) is 6.07 Å². The highest BCUT2D eigenvalue weighted by Gasteiger charge is 2.57. The van der Waals surface area contributed by atoms with E-state index in [1.165, 1.54) is 11.4 Å². The highest BCUT2D eigenvalue weighted by Crippen LogP contribution is 2.62. The van der Waals surface area contributed by atoms with Gasteiger partial charge >= 0.3 is 0 Å². The van der Waals surface area contributed by atoms with Gasteiger partial charge in [0.2, 0.25) is 0 Å². The molecule has 0 saturated heterocycles. The van der Waals surface area contributed by atoms with Gasteiger partial charge in [-0.1, -0.05) is 6.92 Å². The Morgan fingerprint density at radius 2 is 2.06 bits per heavy atom. The van der Waals surface area contributed by atoms with Crippen LogP contribution in [0, 0.1) is 11.8 Å². The number of carbonyl (C=O) groups is 1. The van der Waals surface area contributed by atoms with Crippen LogP contribution in [0.3, 0.4) is 0 Å². The summed E-state index contributed by atoms with van der Waals surface area (Å²) in [6.07, 6.45) is 2.60. The summed E-state index contributed by atoms with van der Waals surface area (Å²) >= 11 is 0. The largest absolute Gasteiger partial charge is 0.300 e. The monoisotopic (exact) mass is 232 g/mol. The third kappa shape index (κ3) is 1.63. The number of hydrogen-bond acceptors (Lipinski definition) is 2. The maximum Gasteiger partial charge on any atom is 0.133 e. The van der Waals surface area contributed by atoms with E-state index in [1.807, 2.05) is 0 Å². The molecule has 3 heteroatoms. The normalized spacial score (nSPS) is 31.1. The Hall–Kier alpha value is -1.12. The Bertz CT molecular complexity index is 447. The van der Waals surface area contributed by atoms with Gasteiger partial charge in [-0.15, -0.1) is 0 Å². The summed E-state index contributed by atoms with van der Waals surface area (Å²) in [6.45, 7) is 6.51. The van der Waals surface area contributed by atoms with Crippen LogP contribution in [-0.2, 0) is 11.2 Å². The third-order valence-corrected chi connectivity index (χ3v) is 4.27. The molecule has 17 heavy (non-hydrogen) atoms. The van der Waals surface area contributed by atoms with Crippen LogP contribution < -0.4 is 0 Å². The first kappa shape index (κ1) is 11.0.